The second-order valence-electron chi connectivity index (χ2n) is 3.96. The zero-order valence-corrected chi connectivity index (χ0v) is 7.85. The predicted octanol–water partition coefficient (Wildman–Crippen LogP) is 1.31. The lowest BCUT2D eigenvalue weighted by Crippen LogP contribution is -2.61. The Morgan fingerprint density at radius 2 is 2.09 bits per heavy atom. The largest absolute Gasteiger partial charge is 0.297 e. The van der Waals surface area contributed by atoms with Gasteiger partial charge in [-0.3, -0.25) is 9.69 Å². The fourth-order valence-corrected chi connectivity index (χ4v) is 1.60. The van der Waals surface area contributed by atoms with E-state index in [9.17, 15) is 4.79 Å². The molecule has 0 amide bonds. The molecule has 0 aromatic rings. The highest BCUT2D eigenvalue weighted by molar-refractivity contribution is 5.90. The third-order valence-electron chi connectivity index (χ3n) is 2.83. The summed E-state index contributed by atoms with van der Waals surface area (Å²) >= 11 is 0. The highest BCUT2D eigenvalue weighted by Gasteiger charge is 2.44. The second-order valence-corrected chi connectivity index (χ2v) is 3.96. The number of nitrogens with zero attached hydrogens (tertiary/aromatic N) is 1. The van der Waals surface area contributed by atoms with Crippen molar-refractivity contribution in [3.8, 4) is 0 Å². The van der Waals surface area contributed by atoms with Gasteiger partial charge in [-0.25, -0.2) is 0 Å². The van der Waals surface area contributed by atoms with Crippen molar-refractivity contribution in [2.75, 3.05) is 13.6 Å². The van der Waals surface area contributed by atoms with Crippen LogP contribution in [-0.4, -0.2) is 29.8 Å². The molecule has 1 rings (SSSR count). The van der Waals surface area contributed by atoms with Crippen LogP contribution in [0.25, 0.3) is 0 Å². The van der Waals surface area contributed by atoms with Crippen LogP contribution in [0.1, 0.15) is 27.2 Å². The van der Waals surface area contributed by atoms with Crippen molar-refractivity contribution >= 4 is 5.78 Å². The molecule has 0 aromatic carbocycles. The van der Waals surface area contributed by atoms with E-state index in [0.717, 1.165) is 13.0 Å². The number of Topliss-reactive ketones (excluding diaryl/α,β-unsaturated/α-hetero) is 1. The number of ketones is 1. The summed E-state index contributed by atoms with van der Waals surface area (Å²) in [6.07, 6.45) is 1.03. The smallest absolute Gasteiger partial charge is 0.155 e. The van der Waals surface area contributed by atoms with Gasteiger partial charge in [-0.2, -0.15) is 0 Å². The monoisotopic (exact) mass is 155 g/mol. The molecule has 1 aliphatic rings. The minimum absolute atomic E-state index is 0.145. The lowest BCUT2D eigenvalue weighted by atomic mass is 9.79. The average molecular weight is 155 g/mol. The SMILES string of the molecule is CC(C)C(=O)C1(C)CCN1C. The number of carbonyl (C=O) groups is 1. The van der Waals surface area contributed by atoms with Crippen molar-refractivity contribution in [2.24, 2.45) is 5.92 Å². The first-order chi connectivity index (χ1) is 4.98. The second kappa shape index (κ2) is 2.59. The van der Waals surface area contributed by atoms with E-state index in [-0.39, 0.29) is 11.5 Å². The molecule has 0 radical (unpaired) electrons. The molecule has 1 fully saturated rings. The summed E-state index contributed by atoms with van der Waals surface area (Å²) in [6.45, 7) is 7.05. The summed E-state index contributed by atoms with van der Waals surface area (Å²) in [5.41, 5.74) is -0.145. The molecule has 1 aliphatic heterocycles. The Balaban J connectivity index is 2.66. The molecule has 64 valence electrons. The molecule has 1 atom stereocenters. The molecule has 1 unspecified atom stereocenters. The number of hydrogen-bond donors (Lipinski definition) is 0. The summed E-state index contributed by atoms with van der Waals surface area (Å²) in [5.74, 6) is 0.550. The van der Waals surface area contributed by atoms with E-state index in [4.69, 9.17) is 0 Å². The van der Waals surface area contributed by atoms with Gasteiger partial charge in [0.05, 0.1) is 5.54 Å². The molecule has 0 spiro atoms. The maximum absolute atomic E-state index is 11.6. The number of carbonyl (C=O) groups excluding carboxylic acids is 1. The molecule has 0 saturated carbocycles. The molecule has 0 N–H and O–H groups in total. The fraction of sp³-hybridized carbons (Fsp3) is 0.889. The van der Waals surface area contributed by atoms with Gasteiger partial charge in [0.2, 0.25) is 0 Å². The van der Waals surface area contributed by atoms with E-state index in [1.54, 1.807) is 0 Å². The minimum Gasteiger partial charge on any atom is -0.297 e. The van der Waals surface area contributed by atoms with Crippen molar-refractivity contribution in [1.29, 1.82) is 0 Å². The Hall–Kier alpha value is -0.370. The van der Waals surface area contributed by atoms with Crippen molar-refractivity contribution in [1.82, 2.24) is 4.90 Å². The predicted molar refractivity (Wildman–Crippen MR) is 45.5 cm³/mol. The van der Waals surface area contributed by atoms with Crippen LogP contribution >= 0.6 is 0 Å². The Kier molecular flexibility index (Phi) is 2.06. The van der Waals surface area contributed by atoms with E-state index >= 15 is 0 Å². The zero-order chi connectivity index (χ0) is 8.65. The molecule has 0 aliphatic carbocycles. The van der Waals surface area contributed by atoms with Gasteiger partial charge in [0, 0.05) is 12.5 Å². The topological polar surface area (TPSA) is 20.3 Å². The lowest BCUT2D eigenvalue weighted by Gasteiger charge is -2.48. The summed E-state index contributed by atoms with van der Waals surface area (Å²) in [5, 5.41) is 0. The van der Waals surface area contributed by atoms with Gasteiger partial charge in [0.15, 0.2) is 5.78 Å². The van der Waals surface area contributed by atoms with Gasteiger partial charge in [-0.15, -0.1) is 0 Å². The Morgan fingerprint density at radius 1 is 1.55 bits per heavy atom. The highest BCUT2D eigenvalue weighted by atomic mass is 16.1. The molecule has 1 heterocycles. The third-order valence-corrected chi connectivity index (χ3v) is 2.83. The van der Waals surface area contributed by atoms with Crippen LogP contribution in [0.2, 0.25) is 0 Å². The van der Waals surface area contributed by atoms with Gasteiger partial charge in [0.1, 0.15) is 0 Å². The first-order valence-electron chi connectivity index (χ1n) is 4.24. The molecular formula is C9H17NO. The maximum atomic E-state index is 11.6. The molecular weight excluding hydrogens is 138 g/mol. The zero-order valence-electron chi connectivity index (χ0n) is 7.85. The van der Waals surface area contributed by atoms with E-state index in [1.807, 2.05) is 27.8 Å². The van der Waals surface area contributed by atoms with Crippen LogP contribution < -0.4 is 0 Å². The van der Waals surface area contributed by atoms with Gasteiger partial charge in [-0.1, -0.05) is 13.8 Å². The standard InChI is InChI=1S/C9H17NO/c1-7(2)8(11)9(3)5-6-10(9)4/h7H,5-6H2,1-4H3. The van der Waals surface area contributed by atoms with Crippen LogP contribution in [0.4, 0.5) is 0 Å². The Bertz CT molecular complexity index is 176. The van der Waals surface area contributed by atoms with Crippen LogP contribution in [0, 0.1) is 5.92 Å². The van der Waals surface area contributed by atoms with E-state index in [0.29, 0.717) is 5.78 Å². The maximum Gasteiger partial charge on any atom is 0.155 e. The van der Waals surface area contributed by atoms with Crippen LogP contribution in [0.15, 0.2) is 0 Å². The number of likely N-dealkylation sites (tertiary alicyclic amines) is 1. The van der Waals surface area contributed by atoms with E-state index in [1.165, 1.54) is 0 Å². The minimum atomic E-state index is -0.145. The average Bonchev–Trinajstić information content (AvgIpc) is 1.98. The van der Waals surface area contributed by atoms with Crippen molar-refractivity contribution in [3.63, 3.8) is 0 Å². The lowest BCUT2D eigenvalue weighted by molar-refractivity contribution is -0.139. The van der Waals surface area contributed by atoms with Crippen molar-refractivity contribution in [3.05, 3.63) is 0 Å². The van der Waals surface area contributed by atoms with Gasteiger partial charge >= 0.3 is 0 Å². The van der Waals surface area contributed by atoms with Gasteiger partial charge in [0.25, 0.3) is 0 Å². The van der Waals surface area contributed by atoms with Crippen LogP contribution in [0.5, 0.6) is 0 Å². The quantitative estimate of drug-likeness (QED) is 0.599. The number of likely N-dealkylation sites (N-methyl/N-ethyl adjacent to an activating group) is 1. The van der Waals surface area contributed by atoms with Crippen molar-refractivity contribution < 1.29 is 4.79 Å². The fourth-order valence-electron chi connectivity index (χ4n) is 1.60. The van der Waals surface area contributed by atoms with Crippen LogP contribution in [-0.2, 0) is 4.79 Å². The van der Waals surface area contributed by atoms with Crippen molar-refractivity contribution in [2.45, 2.75) is 32.7 Å². The molecule has 2 nitrogen and oxygen atoms in total. The van der Waals surface area contributed by atoms with Gasteiger partial charge in [-0.05, 0) is 20.4 Å². The molecule has 0 aromatic heterocycles. The first kappa shape index (κ1) is 8.72. The highest BCUT2D eigenvalue weighted by Crippen LogP contribution is 2.31. The Labute approximate surface area is 68.6 Å². The van der Waals surface area contributed by atoms with E-state index < -0.39 is 0 Å². The van der Waals surface area contributed by atoms with Gasteiger partial charge < -0.3 is 0 Å². The number of hydrogen-bond acceptors (Lipinski definition) is 2. The summed E-state index contributed by atoms with van der Waals surface area (Å²) in [7, 11) is 2.02. The molecule has 1 saturated heterocycles. The van der Waals surface area contributed by atoms with E-state index in [2.05, 4.69) is 4.90 Å². The Morgan fingerprint density at radius 3 is 2.18 bits per heavy atom. The summed E-state index contributed by atoms with van der Waals surface area (Å²) in [6, 6.07) is 0. The number of rotatable bonds is 2. The normalized spacial score (nSPS) is 32.1. The molecule has 2 heteroatoms. The van der Waals surface area contributed by atoms with Crippen LogP contribution in [0.3, 0.4) is 0 Å². The first-order valence-corrected chi connectivity index (χ1v) is 4.24. The molecule has 0 bridgehead atoms. The molecule has 11 heavy (non-hydrogen) atoms. The third kappa shape index (κ3) is 1.20. The summed E-state index contributed by atoms with van der Waals surface area (Å²) < 4.78 is 0. The summed E-state index contributed by atoms with van der Waals surface area (Å²) in [4.78, 5) is 13.7.